The molecule has 1 atom stereocenters. The summed E-state index contributed by atoms with van der Waals surface area (Å²) in [6, 6.07) is 4.35. The van der Waals surface area contributed by atoms with E-state index in [-0.39, 0.29) is 5.75 Å². The fourth-order valence-corrected chi connectivity index (χ4v) is 1.81. The molecule has 1 aromatic carbocycles. The maximum absolute atomic E-state index is 13.5. The zero-order valence-corrected chi connectivity index (χ0v) is 12.0. The molecular weight excluding hydrogens is 303 g/mol. The minimum atomic E-state index is -0.765. The van der Waals surface area contributed by atoms with Crippen molar-refractivity contribution in [3.05, 3.63) is 28.5 Å². The van der Waals surface area contributed by atoms with Gasteiger partial charge in [-0.1, -0.05) is 29.3 Å². The van der Waals surface area contributed by atoms with Crippen LogP contribution in [0, 0.1) is 5.82 Å². The molecule has 0 aromatic heterocycles. The van der Waals surface area contributed by atoms with Crippen LogP contribution in [-0.2, 0) is 9.53 Å². The number of halogens is 2. The standard InChI is InChI=1S/C13H16BrFO3/c1-3-4-5-11(13(16)17-2)18-12-8-9(14)6-7-10(12)15/h6-8,11H,3-5H2,1-2H3. The molecule has 5 heteroatoms. The monoisotopic (exact) mass is 318 g/mol. The predicted molar refractivity (Wildman–Crippen MR) is 70.1 cm³/mol. The fourth-order valence-electron chi connectivity index (χ4n) is 1.47. The summed E-state index contributed by atoms with van der Waals surface area (Å²) in [5, 5.41) is 0. The van der Waals surface area contributed by atoms with Gasteiger partial charge in [-0.25, -0.2) is 9.18 Å². The molecular formula is C13H16BrFO3. The van der Waals surface area contributed by atoms with E-state index >= 15 is 0 Å². The summed E-state index contributed by atoms with van der Waals surface area (Å²) in [5.74, 6) is -0.928. The highest BCUT2D eigenvalue weighted by atomic mass is 79.9. The minimum absolute atomic E-state index is 0.0517. The van der Waals surface area contributed by atoms with Crippen LogP contribution in [0.2, 0.25) is 0 Å². The van der Waals surface area contributed by atoms with Crippen molar-refractivity contribution in [2.75, 3.05) is 7.11 Å². The van der Waals surface area contributed by atoms with Gasteiger partial charge in [0, 0.05) is 4.47 Å². The summed E-state index contributed by atoms with van der Waals surface area (Å²) in [6.07, 6.45) is 1.49. The van der Waals surface area contributed by atoms with Crippen molar-refractivity contribution in [1.29, 1.82) is 0 Å². The van der Waals surface area contributed by atoms with E-state index in [4.69, 9.17) is 4.74 Å². The molecule has 3 nitrogen and oxygen atoms in total. The molecule has 0 aliphatic heterocycles. The van der Waals surface area contributed by atoms with Crippen molar-refractivity contribution in [2.24, 2.45) is 0 Å². The molecule has 1 unspecified atom stereocenters. The number of carbonyl (C=O) groups excluding carboxylic acids is 1. The van der Waals surface area contributed by atoms with Crippen LogP contribution >= 0.6 is 15.9 Å². The Kier molecular flexibility index (Phi) is 6.12. The number of unbranched alkanes of at least 4 members (excludes halogenated alkanes) is 1. The van der Waals surface area contributed by atoms with E-state index in [1.54, 1.807) is 6.07 Å². The van der Waals surface area contributed by atoms with Crippen LogP contribution < -0.4 is 4.74 Å². The summed E-state index contributed by atoms with van der Waals surface area (Å²) in [5.41, 5.74) is 0. The Balaban J connectivity index is 2.81. The van der Waals surface area contributed by atoms with Crippen molar-refractivity contribution in [2.45, 2.75) is 32.3 Å². The number of hydrogen-bond donors (Lipinski definition) is 0. The first kappa shape index (κ1) is 15.0. The molecule has 0 bridgehead atoms. The quantitative estimate of drug-likeness (QED) is 0.750. The zero-order chi connectivity index (χ0) is 13.5. The summed E-state index contributed by atoms with van der Waals surface area (Å²) in [6.45, 7) is 2.01. The number of rotatable bonds is 6. The van der Waals surface area contributed by atoms with Crippen molar-refractivity contribution < 1.29 is 18.7 Å². The van der Waals surface area contributed by atoms with Crippen LogP contribution in [0.15, 0.2) is 22.7 Å². The molecule has 0 N–H and O–H groups in total. The second-order valence-electron chi connectivity index (χ2n) is 3.85. The van der Waals surface area contributed by atoms with Crippen LogP contribution in [-0.4, -0.2) is 19.2 Å². The van der Waals surface area contributed by atoms with Crippen LogP contribution in [0.4, 0.5) is 4.39 Å². The Morgan fingerprint density at radius 1 is 1.50 bits per heavy atom. The maximum Gasteiger partial charge on any atom is 0.347 e. The SMILES string of the molecule is CCCCC(Oc1cc(Br)ccc1F)C(=O)OC. The number of hydrogen-bond acceptors (Lipinski definition) is 3. The normalized spacial score (nSPS) is 12.0. The van der Waals surface area contributed by atoms with Gasteiger partial charge >= 0.3 is 5.97 Å². The summed E-state index contributed by atoms with van der Waals surface area (Å²) in [4.78, 5) is 11.5. The molecule has 0 heterocycles. The smallest absolute Gasteiger partial charge is 0.347 e. The number of esters is 1. The predicted octanol–water partition coefficient (Wildman–Crippen LogP) is 3.70. The summed E-state index contributed by atoms with van der Waals surface area (Å²) in [7, 11) is 1.29. The lowest BCUT2D eigenvalue weighted by Gasteiger charge is -2.17. The van der Waals surface area contributed by atoms with Gasteiger partial charge in [-0.05, 0) is 31.0 Å². The average molecular weight is 319 g/mol. The van der Waals surface area contributed by atoms with Gasteiger partial charge in [-0.2, -0.15) is 0 Å². The van der Waals surface area contributed by atoms with E-state index in [0.29, 0.717) is 10.9 Å². The number of ether oxygens (including phenoxy) is 2. The topological polar surface area (TPSA) is 35.5 Å². The summed E-state index contributed by atoms with van der Waals surface area (Å²) < 4.78 is 24.3. The fraction of sp³-hybridized carbons (Fsp3) is 0.462. The molecule has 18 heavy (non-hydrogen) atoms. The second kappa shape index (κ2) is 7.36. The maximum atomic E-state index is 13.5. The van der Waals surface area contributed by atoms with Crippen molar-refractivity contribution in [3.8, 4) is 5.75 Å². The molecule has 0 saturated carbocycles. The highest BCUT2D eigenvalue weighted by Crippen LogP contribution is 2.24. The third kappa shape index (κ3) is 4.29. The summed E-state index contributed by atoms with van der Waals surface area (Å²) >= 11 is 3.23. The van der Waals surface area contributed by atoms with E-state index in [0.717, 1.165) is 12.8 Å². The van der Waals surface area contributed by atoms with Gasteiger partial charge in [-0.3, -0.25) is 0 Å². The van der Waals surface area contributed by atoms with Crippen molar-refractivity contribution in [3.63, 3.8) is 0 Å². The molecule has 1 aromatic rings. The van der Waals surface area contributed by atoms with Gasteiger partial charge in [-0.15, -0.1) is 0 Å². The van der Waals surface area contributed by atoms with Gasteiger partial charge in [0.25, 0.3) is 0 Å². The number of methoxy groups -OCH3 is 1. The first-order valence-electron chi connectivity index (χ1n) is 5.78. The van der Waals surface area contributed by atoms with E-state index in [2.05, 4.69) is 20.7 Å². The van der Waals surface area contributed by atoms with Crippen molar-refractivity contribution in [1.82, 2.24) is 0 Å². The van der Waals surface area contributed by atoms with Crippen LogP contribution in [0.3, 0.4) is 0 Å². The van der Waals surface area contributed by atoms with E-state index in [1.807, 2.05) is 6.92 Å². The lowest BCUT2D eigenvalue weighted by atomic mass is 10.1. The first-order valence-corrected chi connectivity index (χ1v) is 6.57. The van der Waals surface area contributed by atoms with E-state index < -0.39 is 17.9 Å². The highest BCUT2D eigenvalue weighted by molar-refractivity contribution is 9.10. The number of benzene rings is 1. The second-order valence-corrected chi connectivity index (χ2v) is 4.76. The highest BCUT2D eigenvalue weighted by Gasteiger charge is 2.22. The Labute approximate surface area is 114 Å². The van der Waals surface area contributed by atoms with Crippen LogP contribution in [0.5, 0.6) is 5.75 Å². The van der Waals surface area contributed by atoms with Gasteiger partial charge in [0.15, 0.2) is 17.7 Å². The molecule has 0 spiro atoms. The van der Waals surface area contributed by atoms with Gasteiger partial charge in [0.2, 0.25) is 0 Å². The molecule has 0 aliphatic carbocycles. The third-order valence-electron chi connectivity index (χ3n) is 2.45. The number of carbonyl (C=O) groups is 1. The van der Waals surface area contributed by atoms with Crippen molar-refractivity contribution >= 4 is 21.9 Å². The first-order chi connectivity index (χ1) is 8.58. The molecule has 0 amide bonds. The lowest BCUT2D eigenvalue weighted by Crippen LogP contribution is -2.28. The van der Waals surface area contributed by atoms with Gasteiger partial charge in [0.05, 0.1) is 7.11 Å². The Bertz CT molecular complexity index is 409. The largest absolute Gasteiger partial charge is 0.476 e. The minimum Gasteiger partial charge on any atom is -0.476 e. The Morgan fingerprint density at radius 3 is 2.83 bits per heavy atom. The Morgan fingerprint density at radius 2 is 2.22 bits per heavy atom. The van der Waals surface area contributed by atoms with Gasteiger partial charge < -0.3 is 9.47 Å². The molecule has 100 valence electrons. The molecule has 0 saturated heterocycles. The van der Waals surface area contributed by atoms with E-state index in [1.165, 1.54) is 19.2 Å². The molecule has 1 rings (SSSR count). The van der Waals surface area contributed by atoms with Crippen LogP contribution in [0.1, 0.15) is 26.2 Å². The Hall–Kier alpha value is -1.10. The van der Waals surface area contributed by atoms with E-state index in [9.17, 15) is 9.18 Å². The van der Waals surface area contributed by atoms with Crippen LogP contribution in [0.25, 0.3) is 0 Å². The van der Waals surface area contributed by atoms with Gasteiger partial charge in [0.1, 0.15) is 0 Å². The third-order valence-corrected chi connectivity index (χ3v) is 2.94. The molecule has 0 aliphatic rings. The lowest BCUT2D eigenvalue weighted by molar-refractivity contribution is -0.149. The zero-order valence-electron chi connectivity index (χ0n) is 10.4. The molecule has 0 radical (unpaired) electrons. The average Bonchev–Trinajstić information content (AvgIpc) is 2.37. The molecule has 0 fully saturated rings.